The van der Waals surface area contributed by atoms with Crippen LogP contribution in [0.1, 0.15) is 27.8 Å². The molecule has 0 saturated carbocycles. The molecule has 1 heterocycles. The van der Waals surface area contributed by atoms with Crippen LogP contribution in [-0.2, 0) is 12.7 Å². The Balaban J connectivity index is 1.58. The van der Waals surface area contributed by atoms with Crippen LogP contribution in [0.4, 0.5) is 13.2 Å². The predicted octanol–water partition coefficient (Wildman–Crippen LogP) is 3.06. The third-order valence-corrected chi connectivity index (χ3v) is 5.01. The summed E-state index contributed by atoms with van der Waals surface area (Å²) >= 11 is 0. The van der Waals surface area contributed by atoms with Crippen LogP contribution in [0.25, 0.3) is 0 Å². The number of hydrogen-bond donors (Lipinski definition) is 1. The molecule has 1 fully saturated rings. The highest BCUT2D eigenvalue weighted by Crippen LogP contribution is 2.31. The minimum absolute atomic E-state index is 0.107. The molecule has 0 bridgehead atoms. The molecule has 3 nitrogen and oxygen atoms in total. The van der Waals surface area contributed by atoms with E-state index >= 15 is 0 Å². The first-order valence-corrected chi connectivity index (χ1v) is 9.18. The summed E-state index contributed by atoms with van der Waals surface area (Å²) in [4.78, 5) is 1.48. The standard InChI is InChI=1S/C21H24F3N3/c1-16-7-8-19(17(2)13-16)15-26-9-11-27(12-10-26)25-14-18-5-3-4-6-20(18)21(22,23)24/h3-8,13-14H,9-12,15H2,1-2H3/p+1/b25-14+. The minimum atomic E-state index is -4.36. The fourth-order valence-corrected chi connectivity index (χ4v) is 3.43. The van der Waals surface area contributed by atoms with Gasteiger partial charge in [0.05, 0.1) is 38.0 Å². The van der Waals surface area contributed by atoms with Crippen molar-refractivity contribution in [3.8, 4) is 0 Å². The highest BCUT2D eigenvalue weighted by Gasteiger charge is 2.32. The van der Waals surface area contributed by atoms with Crippen molar-refractivity contribution in [2.45, 2.75) is 26.6 Å². The van der Waals surface area contributed by atoms with Crippen molar-refractivity contribution in [1.82, 2.24) is 5.01 Å². The number of piperazine rings is 1. The largest absolute Gasteiger partial charge is 0.417 e. The van der Waals surface area contributed by atoms with Gasteiger partial charge in [0.25, 0.3) is 0 Å². The van der Waals surface area contributed by atoms with E-state index in [0.717, 1.165) is 38.8 Å². The molecule has 1 N–H and O–H groups in total. The second-order valence-electron chi connectivity index (χ2n) is 7.14. The Kier molecular flexibility index (Phi) is 5.85. The fourth-order valence-electron chi connectivity index (χ4n) is 3.43. The van der Waals surface area contributed by atoms with Gasteiger partial charge in [0.1, 0.15) is 6.54 Å². The molecule has 0 unspecified atom stereocenters. The molecule has 0 amide bonds. The molecule has 144 valence electrons. The highest BCUT2D eigenvalue weighted by molar-refractivity contribution is 5.81. The maximum atomic E-state index is 13.1. The van der Waals surface area contributed by atoms with Gasteiger partial charge in [-0.25, -0.2) is 0 Å². The van der Waals surface area contributed by atoms with E-state index in [1.165, 1.54) is 39.9 Å². The maximum Gasteiger partial charge on any atom is 0.417 e. The van der Waals surface area contributed by atoms with E-state index in [2.05, 4.69) is 37.1 Å². The van der Waals surface area contributed by atoms with Gasteiger partial charge >= 0.3 is 6.18 Å². The Morgan fingerprint density at radius 2 is 1.78 bits per heavy atom. The van der Waals surface area contributed by atoms with Crippen LogP contribution < -0.4 is 4.90 Å². The van der Waals surface area contributed by atoms with Gasteiger partial charge in [-0.2, -0.15) is 18.3 Å². The summed E-state index contributed by atoms with van der Waals surface area (Å²) in [5.41, 5.74) is 3.39. The molecule has 27 heavy (non-hydrogen) atoms. The average molecular weight is 376 g/mol. The number of hydrogen-bond acceptors (Lipinski definition) is 2. The van der Waals surface area contributed by atoms with Crippen LogP contribution in [-0.4, -0.2) is 37.4 Å². The fraction of sp³-hybridized carbons (Fsp3) is 0.381. The zero-order chi connectivity index (χ0) is 19.4. The molecule has 0 aliphatic carbocycles. The third-order valence-electron chi connectivity index (χ3n) is 5.01. The second-order valence-corrected chi connectivity index (χ2v) is 7.14. The monoisotopic (exact) mass is 376 g/mol. The molecule has 0 atom stereocenters. The lowest BCUT2D eigenvalue weighted by molar-refractivity contribution is -0.918. The Labute approximate surface area is 158 Å². The molecule has 0 spiro atoms. The van der Waals surface area contributed by atoms with Crippen LogP contribution in [0.5, 0.6) is 0 Å². The van der Waals surface area contributed by atoms with E-state index in [0.29, 0.717) is 0 Å². The second kappa shape index (κ2) is 8.13. The van der Waals surface area contributed by atoms with Gasteiger partial charge < -0.3 is 4.90 Å². The summed E-state index contributed by atoms with van der Waals surface area (Å²) in [6.07, 6.45) is -3.03. The van der Waals surface area contributed by atoms with Crippen molar-refractivity contribution in [3.05, 3.63) is 70.3 Å². The number of aryl methyl sites for hydroxylation is 2. The number of nitrogens with zero attached hydrogens (tertiary/aromatic N) is 2. The van der Waals surface area contributed by atoms with Gasteiger partial charge in [-0.3, -0.25) is 5.01 Å². The Hall–Kier alpha value is -2.34. The number of hydrazone groups is 1. The Bertz CT molecular complexity index is 807. The van der Waals surface area contributed by atoms with Crippen molar-refractivity contribution in [3.63, 3.8) is 0 Å². The van der Waals surface area contributed by atoms with E-state index in [9.17, 15) is 13.2 Å². The minimum Gasteiger partial charge on any atom is -0.328 e. The number of benzene rings is 2. The van der Waals surface area contributed by atoms with Crippen LogP contribution in [0.2, 0.25) is 0 Å². The highest BCUT2D eigenvalue weighted by atomic mass is 19.4. The molecule has 2 aromatic carbocycles. The maximum absolute atomic E-state index is 13.1. The summed E-state index contributed by atoms with van der Waals surface area (Å²) in [6.45, 7) is 8.53. The van der Waals surface area contributed by atoms with Crippen LogP contribution in [0.3, 0.4) is 0 Å². The Morgan fingerprint density at radius 1 is 1.07 bits per heavy atom. The summed E-state index contributed by atoms with van der Waals surface area (Å²) in [6, 6.07) is 12.1. The number of nitrogens with one attached hydrogen (secondary N) is 1. The first-order chi connectivity index (χ1) is 12.8. The molecule has 0 radical (unpaired) electrons. The lowest BCUT2D eigenvalue weighted by atomic mass is 10.1. The van der Waals surface area contributed by atoms with Crippen LogP contribution in [0.15, 0.2) is 47.6 Å². The van der Waals surface area contributed by atoms with Gasteiger partial charge in [0.15, 0.2) is 0 Å². The van der Waals surface area contributed by atoms with Crippen molar-refractivity contribution < 1.29 is 18.1 Å². The average Bonchev–Trinajstić information content (AvgIpc) is 2.63. The number of quaternary nitrogens is 1. The molecule has 3 rings (SSSR count). The molecule has 1 saturated heterocycles. The van der Waals surface area contributed by atoms with E-state index in [-0.39, 0.29) is 5.56 Å². The predicted molar refractivity (Wildman–Crippen MR) is 101 cm³/mol. The van der Waals surface area contributed by atoms with Gasteiger partial charge in [0, 0.05) is 11.1 Å². The number of alkyl halides is 3. The zero-order valence-corrected chi connectivity index (χ0v) is 15.7. The number of halogens is 3. The normalized spacial score (nSPS) is 16.3. The molecule has 6 heteroatoms. The van der Waals surface area contributed by atoms with E-state index in [4.69, 9.17) is 0 Å². The Morgan fingerprint density at radius 3 is 2.44 bits per heavy atom. The summed E-state index contributed by atoms with van der Waals surface area (Å²) in [5, 5.41) is 6.15. The smallest absolute Gasteiger partial charge is 0.328 e. The lowest BCUT2D eigenvalue weighted by Gasteiger charge is -2.30. The van der Waals surface area contributed by atoms with Crippen molar-refractivity contribution >= 4 is 6.21 Å². The lowest BCUT2D eigenvalue weighted by Crippen LogP contribution is -3.13. The quantitative estimate of drug-likeness (QED) is 0.813. The van der Waals surface area contributed by atoms with Crippen molar-refractivity contribution in [1.29, 1.82) is 0 Å². The SMILES string of the molecule is Cc1ccc(C[NH+]2CCN(/N=C/c3ccccc3C(F)(F)F)CC2)c(C)c1. The van der Waals surface area contributed by atoms with Gasteiger partial charge in [-0.15, -0.1) is 0 Å². The molecule has 0 aromatic heterocycles. The van der Waals surface area contributed by atoms with E-state index in [1.807, 2.05) is 5.01 Å². The molecule has 2 aromatic rings. The van der Waals surface area contributed by atoms with Gasteiger partial charge in [-0.1, -0.05) is 42.0 Å². The third kappa shape index (κ3) is 5.10. The first kappa shape index (κ1) is 19.4. The summed E-state index contributed by atoms with van der Waals surface area (Å²) < 4.78 is 39.2. The van der Waals surface area contributed by atoms with Gasteiger partial charge in [-0.05, 0) is 25.5 Å². The van der Waals surface area contributed by atoms with Gasteiger partial charge in [0.2, 0.25) is 0 Å². The van der Waals surface area contributed by atoms with Crippen molar-refractivity contribution in [2.75, 3.05) is 26.2 Å². The van der Waals surface area contributed by atoms with Crippen LogP contribution >= 0.6 is 0 Å². The van der Waals surface area contributed by atoms with Crippen LogP contribution in [0, 0.1) is 13.8 Å². The van der Waals surface area contributed by atoms with E-state index in [1.54, 1.807) is 6.07 Å². The topological polar surface area (TPSA) is 20.0 Å². The molecule has 1 aliphatic rings. The first-order valence-electron chi connectivity index (χ1n) is 9.18. The zero-order valence-electron chi connectivity index (χ0n) is 15.7. The van der Waals surface area contributed by atoms with Crippen molar-refractivity contribution in [2.24, 2.45) is 5.10 Å². The number of rotatable bonds is 4. The molecular formula is C21H25F3N3+. The molecular weight excluding hydrogens is 351 g/mol. The van der Waals surface area contributed by atoms with E-state index < -0.39 is 11.7 Å². The summed E-state index contributed by atoms with van der Waals surface area (Å²) in [7, 11) is 0. The summed E-state index contributed by atoms with van der Waals surface area (Å²) in [5.74, 6) is 0. The molecule has 1 aliphatic heterocycles.